The van der Waals surface area contributed by atoms with E-state index in [1.54, 1.807) is 6.07 Å². The minimum atomic E-state index is -0.146. The van der Waals surface area contributed by atoms with Gasteiger partial charge >= 0.3 is 0 Å². The number of nitrogens with two attached hydrogens (primary N) is 1. The van der Waals surface area contributed by atoms with E-state index in [4.69, 9.17) is 5.73 Å². The van der Waals surface area contributed by atoms with E-state index in [1.807, 2.05) is 19.1 Å². The van der Waals surface area contributed by atoms with Gasteiger partial charge in [0.1, 0.15) is 5.82 Å². The fourth-order valence-electron chi connectivity index (χ4n) is 2.26. The molecule has 0 aliphatic rings. The van der Waals surface area contributed by atoms with Crippen LogP contribution >= 0.6 is 0 Å². The molecule has 19 heavy (non-hydrogen) atoms. The molecule has 1 unspecified atom stereocenters. The highest BCUT2D eigenvalue weighted by molar-refractivity contribution is 5.50. The van der Waals surface area contributed by atoms with E-state index in [0.29, 0.717) is 18.0 Å². The van der Waals surface area contributed by atoms with Crippen LogP contribution in [-0.2, 0) is 6.42 Å². The highest BCUT2D eigenvalue weighted by Crippen LogP contribution is 2.24. The van der Waals surface area contributed by atoms with Crippen molar-refractivity contribution < 1.29 is 4.39 Å². The van der Waals surface area contributed by atoms with Crippen LogP contribution in [0.2, 0.25) is 0 Å². The summed E-state index contributed by atoms with van der Waals surface area (Å²) in [5, 5.41) is 0. The minimum Gasteiger partial charge on any atom is -0.366 e. The van der Waals surface area contributed by atoms with Gasteiger partial charge in [-0.3, -0.25) is 0 Å². The molecule has 1 rings (SSSR count). The fourth-order valence-corrected chi connectivity index (χ4v) is 2.26. The smallest absolute Gasteiger partial charge is 0.146 e. The number of hydrogen-bond donors (Lipinski definition) is 1. The van der Waals surface area contributed by atoms with Crippen molar-refractivity contribution in [2.24, 2.45) is 11.7 Å². The first kappa shape index (κ1) is 16.0. The zero-order valence-electron chi connectivity index (χ0n) is 12.8. The molecule has 2 nitrogen and oxygen atoms in total. The van der Waals surface area contributed by atoms with E-state index >= 15 is 0 Å². The summed E-state index contributed by atoms with van der Waals surface area (Å²) in [5.74, 6) is 0.359. The van der Waals surface area contributed by atoms with Gasteiger partial charge in [0.05, 0.1) is 5.69 Å². The van der Waals surface area contributed by atoms with Gasteiger partial charge in [0.25, 0.3) is 0 Å². The van der Waals surface area contributed by atoms with E-state index < -0.39 is 0 Å². The molecule has 1 aromatic carbocycles. The molecule has 0 spiro atoms. The average molecular weight is 266 g/mol. The number of halogens is 1. The first-order valence-electron chi connectivity index (χ1n) is 7.12. The van der Waals surface area contributed by atoms with E-state index in [1.165, 1.54) is 0 Å². The molecule has 0 radical (unpaired) electrons. The lowest BCUT2D eigenvalue weighted by Crippen LogP contribution is -2.34. The lowest BCUT2D eigenvalue weighted by Gasteiger charge is -2.31. The Bertz CT molecular complexity index is 400. The van der Waals surface area contributed by atoms with Crippen molar-refractivity contribution in [3.63, 3.8) is 0 Å². The molecule has 1 atom stereocenters. The van der Waals surface area contributed by atoms with Gasteiger partial charge in [-0.2, -0.15) is 0 Å². The number of rotatable bonds is 6. The highest BCUT2D eigenvalue weighted by Gasteiger charge is 2.16. The molecule has 0 saturated carbocycles. The van der Waals surface area contributed by atoms with Crippen molar-refractivity contribution in [2.75, 3.05) is 11.4 Å². The first-order chi connectivity index (χ1) is 8.81. The summed E-state index contributed by atoms with van der Waals surface area (Å²) in [7, 11) is 0. The summed E-state index contributed by atoms with van der Waals surface area (Å²) in [6, 6.07) is 5.83. The minimum absolute atomic E-state index is 0.0575. The lowest BCUT2D eigenvalue weighted by atomic mass is 10.1. The van der Waals surface area contributed by atoms with Crippen molar-refractivity contribution in [3.05, 3.63) is 29.6 Å². The van der Waals surface area contributed by atoms with Gasteiger partial charge in [0.2, 0.25) is 0 Å². The van der Waals surface area contributed by atoms with Crippen LogP contribution in [0.4, 0.5) is 10.1 Å². The zero-order chi connectivity index (χ0) is 14.6. The van der Waals surface area contributed by atoms with E-state index in [9.17, 15) is 4.39 Å². The summed E-state index contributed by atoms with van der Waals surface area (Å²) < 4.78 is 14.3. The first-order valence-corrected chi connectivity index (χ1v) is 7.12. The number of benzene rings is 1. The third-order valence-electron chi connectivity index (χ3n) is 3.06. The summed E-state index contributed by atoms with van der Waals surface area (Å²) in [6.07, 6.45) is 0.711. The second-order valence-corrected chi connectivity index (χ2v) is 6.11. The van der Waals surface area contributed by atoms with E-state index in [0.717, 1.165) is 12.1 Å². The van der Waals surface area contributed by atoms with Gasteiger partial charge in [0.15, 0.2) is 0 Å². The summed E-state index contributed by atoms with van der Waals surface area (Å²) in [4.78, 5) is 2.12. The molecule has 0 aliphatic heterocycles. The topological polar surface area (TPSA) is 29.3 Å². The van der Waals surface area contributed by atoms with Crippen LogP contribution in [0.3, 0.4) is 0 Å². The number of hydrogen-bond acceptors (Lipinski definition) is 2. The van der Waals surface area contributed by atoms with Crippen LogP contribution in [0.1, 0.15) is 40.2 Å². The van der Waals surface area contributed by atoms with Gasteiger partial charge in [-0.05, 0) is 50.8 Å². The van der Waals surface area contributed by atoms with Crippen LogP contribution in [-0.4, -0.2) is 18.6 Å². The lowest BCUT2D eigenvalue weighted by molar-refractivity contribution is 0.549. The van der Waals surface area contributed by atoms with Crippen molar-refractivity contribution in [3.8, 4) is 0 Å². The van der Waals surface area contributed by atoms with Gasteiger partial charge in [-0.25, -0.2) is 4.39 Å². The Kier molecular flexibility index (Phi) is 5.80. The zero-order valence-corrected chi connectivity index (χ0v) is 12.8. The Balaban J connectivity index is 2.98. The van der Waals surface area contributed by atoms with Crippen LogP contribution in [0.5, 0.6) is 0 Å². The molecule has 2 N–H and O–H groups in total. The molecule has 0 heterocycles. The maximum Gasteiger partial charge on any atom is 0.146 e. The normalized spacial score (nSPS) is 13.1. The van der Waals surface area contributed by atoms with Crippen LogP contribution < -0.4 is 10.6 Å². The molecule has 0 aromatic heterocycles. The van der Waals surface area contributed by atoms with Crippen molar-refractivity contribution >= 4 is 5.69 Å². The Morgan fingerprint density at radius 1 is 1.16 bits per heavy atom. The van der Waals surface area contributed by atoms with Crippen molar-refractivity contribution in [1.29, 1.82) is 0 Å². The fraction of sp³-hybridized carbons (Fsp3) is 0.625. The number of anilines is 1. The maximum absolute atomic E-state index is 14.3. The van der Waals surface area contributed by atoms with Crippen LogP contribution in [0, 0.1) is 11.7 Å². The summed E-state index contributed by atoms with van der Waals surface area (Å²) in [6.45, 7) is 11.3. The van der Waals surface area contributed by atoms with Gasteiger partial charge in [0, 0.05) is 18.6 Å². The second kappa shape index (κ2) is 6.90. The third kappa shape index (κ3) is 4.83. The van der Waals surface area contributed by atoms with Crippen molar-refractivity contribution in [2.45, 2.75) is 53.1 Å². The van der Waals surface area contributed by atoms with Gasteiger partial charge < -0.3 is 10.6 Å². The Hall–Kier alpha value is -1.09. The molecular formula is C16H27FN2. The Labute approximate surface area is 116 Å². The molecule has 0 saturated heterocycles. The standard InChI is InChI=1S/C16H27FN2/c1-11(2)10-19(12(3)4)16-7-6-14(8-13(5)18)9-15(16)17/h6-7,9,11-13H,8,10,18H2,1-5H3. The second-order valence-electron chi connectivity index (χ2n) is 6.11. The van der Waals surface area contributed by atoms with Crippen LogP contribution in [0.15, 0.2) is 18.2 Å². The highest BCUT2D eigenvalue weighted by atomic mass is 19.1. The van der Waals surface area contributed by atoms with Crippen molar-refractivity contribution in [1.82, 2.24) is 0 Å². The molecule has 108 valence electrons. The molecule has 0 bridgehead atoms. The van der Waals surface area contributed by atoms with Gasteiger partial charge in [-0.15, -0.1) is 0 Å². The predicted molar refractivity (Wildman–Crippen MR) is 81.1 cm³/mol. The molecule has 1 aromatic rings. The molecule has 3 heteroatoms. The Morgan fingerprint density at radius 3 is 2.21 bits per heavy atom. The monoisotopic (exact) mass is 266 g/mol. The Morgan fingerprint density at radius 2 is 1.79 bits per heavy atom. The molecule has 0 amide bonds. The predicted octanol–water partition coefficient (Wildman–Crippen LogP) is 3.59. The maximum atomic E-state index is 14.3. The third-order valence-corrected chi connectivity index (χ3v) is 3.06. The average Bonchev–Trinajstić information content (AvgIpc) is 2.25. The van der Waals surface area contributed by atoms with E-state index in [2.05, 4.69) is 32.6 Å². The number of nitrogens with zero attached hydrogens (tertiary/aromatic N) is 1. The molecular weight excluding hydrogens is 239 g/mol. The molecule has 0 fully saturated rings. The summed E-state index contributed by atoms with van der Waals surface area (Å²) in [5.41, 5.74) is 7.41. The SMILES string of the molecule is CC(C)CN(c1ccc(CC(C)N)cc1F)C(C)C. The van der Waals surface area contributed by atoms with Crippen LogP contribution in [0.25, 0.3) is 0 Å². The quantitative estimate of drug-likeness (QED) is 0.852. The largest absolute Gasteiger partial charge is 0.366 e. The van der Waals surface area contributed by atoms with Gasteiger partial charge in [-0.1, -0.05) is 19.9 Å². The van der Waals surface area contributed by atoms with E-state index in [-0.39, 0.29) is 17.9 Å². The molecule has 0 aliphatic carbocycles. The summed E-state index contributed by atoms with van der Waals surface area (Å²) >= 11 is 0.